The van der Waals surface area contributed by atoms with Crippen molar-refractivity contribution in [1.82, 2.24) is 9.38 Å². The van der Waals surface area contributed by atoms with Gasteiger partial charge in [0.25, 0.3) is 0 Å². The first-order valence-electron chi connectivity index (χ1n) is 9.89. The molecule has 0 unspecified atom stereocenters. The predicted molar refractivity (Wildman–Crippen MR) is 122 cm³/mol. The molecule has 0 aliphatic heterocycles. The van der Waals surface area contributed by atoms with Gasteiger partial charge >= 0.3 is 0 Å². The van der Waals surface area contributed by atoms with Crippen LogP contribution in [0.3, 0.4) is 0 Å². The zero-order chi connectivity index (χ0) is 21.3. The minimum Gasteiger partial charge on any atom is -0.325 e. The molecule has 1 atom stereocenters. The van der Waals surface area contributed by atoms with Crippen LogP contribution >= 0.6 is 11.8 Å². The highest BCUT2D eigenvalue weighted by Gasteiger charge is 2.21. The van der Waals surface area contributed by atoms with E-state index >= 15 is 0 Å². The maximum absolute atomic E-state index is 12.8. The Morgan fingerprint density at radius 1 is 1.23 bits per heavy atom. The van der Waals surface area contributed by atoms with E-state index < -0.39 is 0 Å². The number of benzene rings is 2. The van der Waals surface area contributed by atoms with Gasteiger partial charge in [0.1, 0.15) is 6.07 Å². The number of carbonyl (C=O) groups excluding carboxylic acids is 1. The van der Waals surface area contributed by atoms with Gasteiger partial charge in [0.2, 0.25) is 5.91 Å². The van der Waals surface area contributed by atoms with Crippen molar-refractivity contribution in [3.8, 4) is 6.07 Å². The van der Waals surface area contributed by atoms with Crippen LogP contribution in [0.2, 0.25) is 0 Å². The second-order valence-electron chi connectivity index (χ2n) is 7.23. The number of aromatic nitrogens is 2. The highest BCUT2D eigenvalue weighted by molar-refractivity contribution is 8.00. The Balaban J connectivity index is 1.74. The molecule has 1 N–H and O–H groups in total. The van der Waals surface area contributed by atoms with E-state index in [2.05, 4.69) is 11.4 Å². The van der Waals surface area contributed by atoms with Gasteiger partial charge < -0.3 is 5.32 Å². The van der Waals surface area contributed by atoms with E-state index in [0.29, 0.717) is 11.2 Å². The predicted octanol–water partition coefficient (Wildman–Crippen LogP) is 5.35. The molecule has 2 heterocycles. The summed E-state index contributed by atoms with van der Waals surface area (Å²) in [5, 5.41) is 13.3. The standard InChI is InChI=1S/C24H22N4OS/c1-4-17-13-22(30-16(3)24(29)26-18-9-7-8-15(2)12-18)28-21-11-6-5-10-20(21)27-23(28)19(17)14-25/h5-13,16H,4H2,1-3H3,(H,26,29)/t16-/m1/s1. The quantitative estimate of drug-likeness (QED) is 0.447. The van der Waals surface area contributed by atoms with E-state index in [4.69, 9.17) is 4.98 Å². The normalized spacial score (nSPS) is 12.1. The number of fused-ring (bicyclic) bond motifs is 3. The van der Waals surface area contributed by atoms with Crippen molar-refractivity contribution < 1.29 is 4.79 Å². The van der Waals surface area contributed by atoms with Crippen molar-refractivity contribution in [2.45, 2.75) is 37.5 Å². The molecule has 0 saturated carbocycles. The molecule has 2 aromatic carbocycles. The first-order chi connectivity index (χ1) is 14.5. The third-order valence-electron chi connectivity index (χ3n) is 5.07. The summed E-state index contributed by atoms with van der Waals surface area (Å²) in [6.07, 6.45) is 0.722. The Labute approximate surface area is 179 Å². The van der Waals surface area contributed by atoms with Gasteiger partial charge in [0, 0.05) is 5.69 Å². The SMILES string of the molecule is CCc1cc(S[C@H](C)C(=O)Nc2cccc(C)c2)n2c(nc3ccccc32)c1C#N. The minimum atomic E-state index is -0.326. The molecular weight excluding hydrogens is 392 g/mol. The Morgan fingerprint density at radius 2 is 2.03 bits per heavy atom. The van der Waals surface area contributed by atoms with E-state index in [1.165, 1.54) is 11.8 Å². The van der Waals surface area contributed by atoms with Gasteiger partial charge in [-0.15, -0.1) is 0 Å². The molecule has 2 aromatic heterocycles. The third kappa shape index (κ3) is 3.64. The van der Waals surface area contributed by atoms with Crippen LogP contribution in [0.15, 0.2) is 59.6 Å². The number of rotatable bonds is 5. The number of carbonyl (C=O) groups is 1. The molecule has 150 valence electrons. The van der Waals surface area contributed by atoms with E-state index in [9.17, 15) is 10.1 Å². The molecule has 0 fully saturated rings. The number of nitrogens with zero attached hydrogens (tertiary/aromatic N) is 3. The van der Waals surface area contributed by atoms with Crippen LogP contribution in [0.4, 0.5) is 5.69 Å². The number of anilines is 1. The van der Waals surface area contributed by atoms with Crippen LogP contribution in [0.1, 0.15) is 30.5 Å². The van der Waals surface area contributed by atoms with Crippen LogP contribution in [0.25, 0.3) is 16.7 Å². The highest BCUT2D eigenvalue weighted by Crippen LogP contribution is 2.32. The van der Waals surface area contributed by atoms with Crippen LogP contribution < -0.4 is 5.32 Å². The molecule has 4 rings (SSSR count). The largest absolute Gasteiger partial charge is 0.325 e. The van der Waals surface area contributed by atoms with Crippen LogP contribution in [0.5, 0.6) is 0 Å². The van der Waals surface area contributed by atoms with Gasteiger partial charge in [-0.25, -0.2) is 4.98 Å². The molecule has 30 heavy (non-hydrogen) atoms. The second kappa shape index (κ2) is 8.21. The number of amides is 1. The lowest BCUT2D eigenvalue weighted by Gasteiger charge is -2.15. The molecule has 0 spiro atoms. The van der Waals surface area contributed by atoms with Crippen molar-refractivity contribution in [2.75, 3.05) is 5.32 Å². The number of imidazole rings is 1. The molecular formula is C24H22N4OS. The summed E-state index contributed by atoms with van der Waals surface area (Å²) in [5.41, 5.74) is 5.83. The maximum Gasteiger partial charge on any atom is 0.237 e. The number of thioether (sulfide) groups is 1. The van der Waals surface area contributed by atoms with Gasteiger partial charge in [-0.05, 0) is 61.7 Å². The van der Waals surface area contributed by atoms with Crippen molar-refractivity contribution in [3.05, 3.63) is 71.3 Å². The van der Waals surface area contributed by atoms with Crippen LogP contribution in [-0.4, -0.2) is 20.5 Å². The zero-order valence-corrected chi connectivity index (χ0v) is 18.0. The average molecular weight is 415 g/mol. The lowest BCUT2D eigenvalue weighted by Crippen LogP contribution is -2.22. The molecule has 1 amide bonds. The molecule has 0 radical (unpaired) electrons. The fraction of sp³-hybridized carbons (Fsp3) is 0.208. The number of nitriles is 1. The number of aryl methyl sites for hydroxylation is 2. The summed E-state index contributed by atoms with van der Waals surface area (Å²) in [6.45, 7) is 5.92. The van der Waals surface area contributed by atoms with Gasteiger partial charge in [-0.2, -0.15) is 5.26 Å². The van der Waals surface area contributed by atoms with Gasteiger partial charge in [-0.1, -0.05) is 43.0 Å². The minimum absolute atomic E-state index is 0.0643. The van der Waals surface area contributed by atoms with Gasteiger partial charge in [0.15, 0.2) is 5.65 Å². The summed E-state index contributed by atoms with van der Waals surface area (Å²) >= 11 is 1.47. The lowest BCUT2D eigenvalue weighted by atomic mass is 10.1. The summed E-state index contributed by atoms with van der Waals surface area (Å²) in [7, 11) is 0. The van der Waals surface area contributed by atoms with Crippen molar-refractivity contribution in [3.63, 3.8) is 0 Å². The van der Waals surface area contributed by atoms with E-state index in [-0.39, 0.29) is 11.2 Å². The molecule has 5 nitrogen and oxygen atoms in total. The average Bonchev–Trinajstić information content (AvgIpc) is 3.13. The van der Waals surface area contributed by atoms with E-state index in [1.54, 1.807) is 0 Å². The Morgan fingerprint density at radius 3 is 2.77 bits per heavy atom. The number of hydrogen-bond donors (Lipinski definition) is 1. The molecule has 0 saturated heterocycles. The van der Waals surface area contributed by atoms with Crippen molar-refractivity contribution in [2.24, 2.45) is 0 Å². The number of hydrogen-bond acceptors (Lipinski definition) is 4. The number of para-hydroxylation sites is 2. The number of nitrogens with one attached hydrogen (secondary N) is 1. The van der Waals surface area contributed by atoms with Crippen LogP contribution in [0, 0.1) is 18.3 Å². The van der Waals surface area contributed by atoms with Crippen molar-refractivity contribution in [1.29, 1.82) is 5.26 Å². The Hall–Kier alpha value is -3.30. The van der Waals surface area contributed by atoms with E-state index in [1.807, 2.05) is 79.8 Å². The Kier molecular flexibility index (Phi) is 5.47. The number of pyridine rings is 1. The summed E-state index contributed by atoms with van der Waals surface area (Å²) in [5.74, 6) is -0.0643. The topological polar surface area (TPSA) is 70.2 Å². The Bertz CT molecular complexity index is 1300. The van der Waals surface area contributed by atoms with Crippen LogP contribution in [-0.2, 0) is 11.2 Å². The van der Waals surface area contributed by atoms with Gasteiger partial charge in [0.05, 0.1) is 26.9 Å². The smallest absolute Gasteiger partial charge is 0.237 e. The first-order valence-corrected chi connectivity index (χ1v) is 10.8. The summed E-state index contributed by atoms with van der Waals surface area (Å²) in [6, 6.07) is 19.9. The monoisotopic (exact) mass is 414 g/mol. The molecule has 6 heteroatoms. The van der Waals surface area contributed by atoms with Crippen molar-refractivity contribution >= 4 is 40.0 Å². The maximum atomic E-state index is 12.8. The van der Waals surface area contributed by atoms with E-state index in [0.717, 1.165) is 39.3 Å². The zero-order valence-electron chi connectivity index (χ0n) is 17.1. The molecule has 0 bridgehead atoms. The molecule has 4 aromatic rings. The summed E-state index contributed by atoms with van der Waals surface area (Å²) < 4.78 is 1.99. The fourth-order valence-corrected chi connectivity index (χ4v) is 4.56. The molecule has 0 aliphatic carbocycles. The fourth-order valence-electron chi connectivity index (χ4n) is 3.53. The lowest BCUT2D eigenvalue weighted by molar-refractivity contribution is -0.115. The highest BCUT2D eigenvalue weighted by atomic mass is 32.2. The second-order valence-corrected chi connectivity index (χ2v) is 8.59. The summed E-state index contributed by atoms with van der Waals surface area (Å²) in [4.78, 5) is 17.5. The van der Waals surface area contributed by atoms with Gasteiger partial charge in [-0.3, -0.25) is 9.20 Å². The third-order valence-corrected chi connectivity index (χ3v) is 6.18. The molecule has 0 aliphatic rings. The first kappa shape index (κ1) is 20.0.